The number of sulfone groups is 1. The van der Waals surface area contributed by atoms with Crippen LogP contribution >= 0.6 is 0 Å². The molecule has 9 heteroatoms. The highest BCUT2D eigenvalue weighted by atomic mass is 32.2. The average molecular weight is 581 g/mol. The van der Waals surface area contributed by atoms with E-state index in [-0.39, 0.29) is 65.7 Å². The first-order chi connectivity index (χ1) is 18.7. The number of benzene rings is 1. The quantitative estimate of drug-likeness (QED) is 0.213. The Hall–Kier alpha value is -1.78. The molecule has 2 aliphatic heterocycles. The Morgan fingerprint density at radius 1 is 1.15 bits per heavy atom. The number of rotatable bonds is 12. The van der Waals surface area contributed by atoms with Gasteiger partial charge in [0.15, 0.2) is 9.84 Å². The van der Waals surface area contributed by atoms with Crippen molar-refractivity contribution in [3.05, 3.63) is 42.5 Å². The van der Waals surface area contributed by atoms with E-state index in [0.29, 0.717) is 19.4 Å². The number of carbonyl (C=O) groups is 1. The Bertz CT molecular complexity index is 1080. The maximum absolute atomic E-state index is 13.4. The van der Waals surface area contributed by atoms with Gasteiger partial charge in [-0.2, -0.15) is 0 Å². The molecule has 1 aromatic rings. The molecule has 40 heavy (non-hydrogen) atoms. The largest absolute Gasteiger partial charge is 0.465 e. The van der Waals surface area contributed by atoms with Crippen molar-refractivity contribution in [2.75, 3.05) is 19.0 Å². The van der Waals surface area contributed by atoms with Gasteiger partial charge in [-0.05, 0) is 69.6 Å². The molecule has 0 radical (unpaired) electrons. The summed E-state index contributed by atoms with van der Waals surface area (Å²) >= 11 is 0. The van der Waals surface area contributed by atoms with Crippen LogP contribution in [0.3, 0.4) is 0 Å². The van der Waals surface area contributed by atoms with Crippen LogP contribution in [0.1, 0.15) is 66.7 Å². The molecule has 1 aromatic carbocycles. The van der Waals surface area contributed by atoms with E-state index in [4.69, 9.17) is 14.2 Å². The van der Waals surface area contributed by atoms with Crippen molar-refractivity contribution in [2.24, 2.45) is 23.2 Å². The molecule has 3 rings (SSSR count). The summed E-state index contributed by atoms with van der Waals surface area (Å²) in [7, 11) is -3.57. The standard InChI is InChI=1S/C31H48O8S/c1-20-15-24(11-10-14-37-30(34)31(4,5)6)38-28(21(20)2)17-29-26(22(3)27(39-29)16-23(33)18-32)19-40(35,36)25-12-8-7-9-13-25/h7-9,12-13,20,22-24,26-29,32-33H,2,10-11,14-19H2,1,3-6H3/t20-,22-,23+,24+,26-,27-,28-,29?/m1/s1. The molecule has 1 unspecified atom stereocenters. The Labute approximate surface area is 240 Å². The van der Waals surface area contributed by atoms with Crippen molar-refractivity contribution in [1.82, 2.24) is 0 Å². The van der Waals surface area contributed by atoms with Crippen molar-refractivity contribution in [3.8, 4) is 0 Å². The van der Waals surface area contributed by atoms with Gasteiger partial charge in [0.2, 0.25) is 0 Å². The van der Waals surface area contributed by atoms with Gasteiger partial charge in [-0.15, -0.1) is 0 Å². The van der Waals surface area contributed by atoms with Gasteiger partial charge in [-0.25, -0.2) is 8.42 Å². The molecule has 2 aliphatic rings. The number of hydrogen-bond acceptors (Lipinski definition) is 8. The van der Waals surface area contributed by atoms with Crippen LogP contribution in [0, 0.1) is 23.2 Å². The molecule has 8 nitrogen and oxygen atoms in total. The maximum Gasteiger partial charge on any atom is 0.311 e. The second-order valence-corrected chi connectivity index (χ2v) is 14.7. The third-order valence-corrected chi connectivity index (χ3v) is 10.1. The smallest absolute Gasteiger partial charge is 0.311 e. The predicted octanol–water partition coefficient (Wildman–Crippen LogP) is 4.33. The summed E-state index contributed by atoms with van der Waals surface area (Å²) in [5.41, 5.74) is 0.433. The first-order valence-corrected chi connectivity index (χ1v) is 16.1. The van der Waals surface area contributed by atoms with Crippen molar-refractivity contribution in [3.63, 3.8) is 0 Å². The van der Waals surface area contributed by atoms with Crippen LogP contribution in [0.5, 0.6) is 0 Å². The van der Waals surface area contributed by atoms with Gasteiger partial charge < -0.3 is 24.4 Å². The van der Waals surface area contributed by atoms with Crippen molar-refractivity contribution < 1.29 is 37.6 Å². The number of ether oxygens (including phenoxy) is 3. The predicted molar refractivity (Wildman–Crippen MR) is 153 cm³/mol. The maximum atomic E-state index is 13.4. The SMILES string of the molecule is C=C1[C@H](C)C[C@H](CCCOC(=O)C(C)(C)C)O[C@@H]1CC1O[C@H](C[C@H](O)CO)[C@H](C)[C@H]1CS(=O)(=O)c1ccccc1. The van der Waals surface area contributed by atoms with Gasteiger partial charge in [-0.1, -0.05) is 38.6 Å². The zero-order valence-corrected chi connectivity index (χ0v) is 25.4. The van der Waals surface area contributed by atoms with E-state index in [1.165, 1.54) is 0 Å². The van der Waals surface area contributed by atoms with E-state index in [1.807, 2.05) is 27.7 Å². The molecule has 0 bridgehead atoms. The third-order valence-electron chi connectivity index (χ3n) is 8.30. The summed E-state index contributed by atoms with van der Waals surface area (Å²) in [6.45, 7) is 13.8. The van der Waals surface area contributed by atoms with E-state index in [9.17, 15) is 23.4 Å². The lowest BCUT2D eigenvalue weighted by molar-refractivity contribution is -0.153. The first kappa shape index (κ1) is 32.7. The van der Waals surface area contributed by atoms with Crippen LogP contribution in [-0.2, 0) is 28.8 Å². The third kappa shape index (κ3) is 8.61. The van der Waals surface area contributed by atoms with Gasteiger partial charge in [0.25, 0.3) is 0 Å². The fourth-order valence-corrected chi connectivity index (χ4v) is 7.47. The Balaban J connectivity index is 1.70. The minimum absolute atomic E-state index is 0.0313. The average Bonchev–Trinajstić information content (AvgIpc) is 3.17. The first-order valence-electron chi connectivity index (χ1n) is 14.5. The van der Waals surface area contributed by atoms with Crippen molar-refractivity contribution >= 4 is 15.8 Å². The molecule has 0 aromatic heterocycles. The molecular formula is C31H48O8S. The molecule has 0 aliphatic carbocycles. The van der Waals surface area contributed by atoms with Gasteiger partial charge in [0.1, 0.15) is 0 Å². The van der Waals surface area contributed by atoms with Gasteiger partial charge in [-0.3, -0.25) is 4.79 Å². The van der Waals surface area contributed by atoms with Crippen molar-refractivity contribution in [2.45, 2.75) is 102 Å². The molecule has 2 N–H and O–H groups in total. The zero-order chi connectivity index (χ0) is 29.7. The van der Waals surface area contributed by atoms with E-state index in [2.05, 4.69) is 13.5 Å². The Kier molecular flexibility index (Phi) is 11.4. The molecule has 0 saturated carbocycles. The number of carbonyl (C=O) groups excluding carboxylic acids is 1. The van der Waals surface area contributed by atoms with Crippen LogP contribution in [0.4, 0.5) is 0 Å². The molecular weight excluding hydrogens is 532 g/mol. The van der Waals surface area contributed by atoms with E-state index < -0.39 is 27.5 Å². The summed E-state index contributed by atoms with van der Waals surface area (Å²) in [6, 6.07) is 8.42. The summed E-state index contributed by atoms with van der Waals surface area (Å²) in [6.07, 6.45) is 0.882. The molecule has 2 heterocycles. The molecule has 2 fully saturated rings. The van der Waals surface area contributed by atoms with E-state index >= 15 is 0 Å². The van der Waals surface area contributed by atoms with Crippen LogP contribution in [0.15, 0.2) is 47.4 Å². The van der Waals surface area contributed by atoms with E-state index in [0.717, 1.165) is 18.4 Å². The molecule has 0 spiro atoms. The lowest BCUT2D eigenvalue weighted by Crippen LogP contribution is -2.38. The minimum atomic E-state index is -3.57. The summed E-state index contributed by atoms with van der Waals surface area (Å²) in [4.78, 5) is 12.3. The number of aliphatic hydroxyl groups is 2. The summed E-state index contributed by atoms with van der Waals surface area (Å²) < 4.78 is 45.0. The normalized spacial score (nSPS) is 30.3. The Morgan fingerprint density at radius 3 is 2.45 bits per heavy atom. The Morgan fingerprint density at radius 2 is 1.82 bits per heavy atom. The van der Waals surface area contributed by atoms with Crippen LogP contribution in [0.25, 0.3) is 0 Å². The molecule has 0 amide bonds. The lowest BCUT2D eigenvalue weighted by Gasteiger charge is -2.38. The molecule has 8 atom stereocenters. The fourth-order valence-electron chi connectivity index (χ4n) is 5.68. The molecule has 226 valence electrons. The summed E-state index contributed by atoms with van der Waals surface area (Å²) in [5.74, 6) is -0.539. The van der Waals surface area contributed by atoms with Gasteiger partial charge in [0.05, 0.1) is 59.8 Å². The van der Waals surface area contributed by atoms with Gasteiger partial charge in [0, 0.05) is 18.8 Å². The lowest BCUT2D eigenvalue weighted by atomic mass is 9.82. The highest BCUT2D eigenvalue weighted by molar-refractivity contribution is 7.91. The second kappa shape index (κ2) is 13.9. The van der Waals surface area contributed by atoms with Crippen LogP contribution < -0.4 is 0 Å². The van der Waals surface area contributed by atoms with Crippen LogP contribution in [0.2, 0.25) is 0 Å². The monoisotopic (exact) mass is 580 g/mol. The second-order valence-electron chi connectivity index (χ2n) is 12.6. The molecule has 2 saturated heterocycles. The van der Waals surface area contributed by atoms with E-state index in [1.54, 1.807) is 30.3 Å². The van der Waals surface area contributed by atoms with Crippen LogP contribution in [-0.4, -0.2) is 74.1 Å². The highest BCUT2D eigenvalue weighted by Gasteiger charge is 2.46. The zero-order valence-electron chi connectivity index (χ0n) is 24.6. The minimum Gasteiger partial charge on any atom is -0.465 e. The number of hydrogen-bond donors (Lipinski definition) is 2. The van der Waals surface area contributed by atoms with Crippen molar-refractivity contribution in [1.29, 1.82) is 0 Å². The number of esters is 1. The fraction of sp³-hybridized carbons (Fsp3) is 0.710. The topological polar surface area (TPSA) is 119 Å². The van der Waals surface area contributed by atoms with Gasteiger partial charge >= 0.3 is 5.97 Å². The number of aliphatic hydroxyl groups excluding tert-OH is 2. The summed E-state index contributed by atoms with van der Waals surface area (Å²) in [5, 5.41) is 19.5. The highest BCUT2D eigenvalue weighted by Crippen LogP contribution is 2.42.